The molecule has 0 aliphatic heterocycles. The first kappa shape index (κ1) is 36.0. The summed E-state index contributed by atoms with van der Waals surface area (Å²) >= 11 is 0. The maximum Gasteiger partial charge on any atom is 0.0919 e. The van der Waals surface area contributed by atoms with Gasteiger partial charge in [-0.2, -0.15) is 0 Å². The van der Waals surface area contributed by atoms with E-state index in [1.54, 1.807) is 18.7 Å². The van der Waals surface area contributed by atoms with Crippen LogP contribution < -0.4 is 0 Å². The van der Waals surface area contributed by atoms with Crippen molar-refractivity contribution in [2.45, 2.75) is 0 Å². The highest BCUT2D eigenvalue weighted by Crippen LogP contribution is 1.62. The molecule has 1 aromatic rings. The molecule has 1 N–H and O–H groups in total. The standard InChI is InChI=1S/C3H4N2.B.4FH/c1-2-5-3-4-1;;;;;/h1-3H,(H,4,5);;4*1H. The van der Waals surface area contributed by atoms with Crippen molar-refractivity contribution in [3.8, 4) is 0 Å². The molecule has 0 saturated heterocycles. The summed E-state index contributed by atoms with van der Waals surface area (Å²) in [7, 11) is 0. The summed E-state index contributed by atoms with van der Waals surface area (Å²) in [6, 6.07) is 0. The van der Waals surface area contributed by atoms with Gasteiger partial charge in [0.2, 0.25) is 0 Å². The Hall–Kier alpha value is -1.01. The van der Waals surface area contributed by atoms with Crippen molar-refractivity contribution < 1.29 is 18.8 Å². The van der Waals surface area contributed by atoms with Gasteiger partial charge in [-0.1, -0.05) is 0 Å². The van der Waals surface area contributed by atoms with Crippen molar-refractivity contribution in [3.63, 3.8) is 0 Å². The first-order valence-corrected chi connectivity index (χ1v) is 1.43. The first-order valence-electron chi connectivity index (χ1n) is 1.43. The normalized spacial score (nSPS) is 4.00. The van der Waals surface area contributed by atoms with Crippen LogP contribution in [0.25, 0.3) is 0 Å². The average Bonchev–Trinajstić information content (AvgIpc) is 1.76. The number of halogens is 4. The predicted octanol–water partition coefficient (Wildman–Crippen LogP) is 0.639. The first-order chi connectivity index (χ1) is 2.50. The van der Waals surface area contributed by atoms with E-state index in [2.05, 4.69) is 9.97 Å². The molecule has 0 spiro atoms. The molecule has 1 heterocycles. The zero-order chi connectivity index (χ0) is 3.54. The molecular formula is C3H8BF4N2. The van der Waals surface area contributed by atoms with Crippen LogP contribution in [-0.2, 0) is 0 Å². The molecule has 0 amide bonds. The number of aromatic nitrogens is 2. The molecule has 0 aromatic carbocycles. The summed E-state index contributed by atoms with van der Waals surface area (Å²) in [6.45, 7) is 0. The molecule has 0 saturated carbocycles. The third-order valence-electron chi connectivity index (χ3n) is 0.406. The van der Waals surface area contributed by atoms with Gasteiger partial charge in [-0.3, -0.25) is 18.8 Å². The molecule has 2 nitrogen and oxygen atoms in total. The summed E-state index contributed by atoms with van der Waals surface area (Å²) in [6.07, 6.45) is 5.08. The van der Waals surface area contributed by atoms with Gasteiger partial charge in [0.1, 0.15) is 0 Å². The minimum Gasteiger partial charge on any atom is -0.351 e. The molecule has 0 aliphatic rings. The summed E-state index contributed by atoms with van der Waals surface area (Å²) in [4.78, 5) is 6.42. The van der Waals surface area contributed by atoms with Crippen LogP contribution >= 0.6 is 0 Å². The van der Waals surface area contributed by atoms with Crippen molar-refractivity contribution in [2.24, 2.45) is 0 Å². The van der Waals surface area contributed by atoms with Gasteiger partial charge in [-0.05, 0) is 0 Å². The van der Waals surface area contributed by atoms with E-state index in [4.69, 9.17) is 0 Å². The second-order valence-corrected chi connectivity index (χ2v) is 0.761. The second-order valence-electron chi connectivity index (χ2n) is 0.761. The van der Waals surface area contributed by atoms with E-state index >= 15 is 0 Å². The topological polar surface area (TPSA) is 28.7 Å². The van der Waals surface area contributed by atoms with Gasteiger partial charge >= 0.3 is 0 Å². The Morgan fingerprint density at radius 1 is 1.00 bits per heavy atom. The van der Waals surface area contributed by atoms with E-state index in [9.17, 15) is 0 Å². The van der Waals surface area contributed by atoms with E-state index in [-0.39, 0.29) is 27.2 Å². The zero-order valence-corrected chi connectivity index (χ0v) is 4.89. The number of hydrogen-bond acceptors (Lipinski definition) is 1. The maximum absolute atomic E-state index is 3.67. The fourth-order valence-corrected chi connectivity index (χ4v) is 0.215. The largest absolute Gasteiger partial charge is 0.351 e. The Morgan fingerprint density at radius 3 is 1.60 bits per heavy atom. The van der Waals surface area contributed by atoms with Gasteiger partial charge in [-0.15, -0.1) is 0 Å². The second kappa shape index (κ2) is 24.5. The molecule has 1 aromatic heterocycles. The summed E-state index contributed by atoms with van der Waals surface area (Å²) in [5, 5.41) is 0. The number of rotatable bonds is 0. The number of H-pyrrole nitrogens is 1. The summed E-state index contributed by atoms with van der Waals surface area (Å²) in [5.74, 6) is 0. The Kier molecular flexibility index (Phi) is 88.3. The van der Waals surface area contributed by atoms with Gasteiger partial charge in [0.25, 0.3) is 0 Å². The highest BCUT2D eigenvalue weighted by molar-refractivity contribution is 5.75. The lowest BCUT2D eigenvalue weighted by atomic mass is 10.8. The molecule has 0 aliphatic carbocycles. The van der Waals surface area contributed by atoms with Crippen LogP contribution in [-0.4, -0.2) is 18.4 Å². The SMILES string of the molecule is F.F.F.F.[B].c1c[nH]cn1. The minimum atomic E-state index is 0. The number of imidazole rings is 1. The van der Waals surface area contributed by atoms with Crippen molar-refractivity contribution in [1.82, 2.24) is 9.97 Å². The number of nitrogens with zero attached hydrogens (tertiary/aromatic N) is 1. The Labute approximate surface area is 57.1 Å². The van der Waals surface area contributed by atoms with Crippen LogP contribution in [0.2, 0.25) is 0 Å². The van der Waals surface area contributed by atoms with E-state index in [1.807, 2.05) is 0 Å². The lowest BCUT2D eigenvalue weighted by Crippen LogP contribution is -1.44. The van der Waals surface area contributed by atoms with Crippen LogP contribution in [0.15, 0.2) is 18.7 Å². The van der Waals surface area contributed by atoms with E-state index in [0.29, 0.717) is 0 Å². The quantitative estimate of drug-likeness (QED) is 0.436. The van der Waals surface area contributed by atoms with Crippen LogP contribution in [0.4, 0.5) is 18.8 Å². The predicted molar refractivity (Wildman–Crippen MR) is 34.4 cm³/mol. The molecule has 0 fully saturated rings. The van der Waals surface area contributed by atoms with Crippen molar-refractivity contribution in [1.29, 1.82) is 0 Å². The van der Waals surface area contributed by atoms with Crippen LogP contribution in [0, 0.1) is 0 Å². The number of hydrogen-bond donors (Lipinski definition) is 1. The fraction of sp³-hybridized carbons (Fsp3) is 0. The van der Waals surface area contributed by atoms with E-state index in [1.165, 1.54) is 0 Å². The number of aromatic amines is 1. The molecule has 0 unspecified atom stereocenters. The van der Waals surface area contributed by atoms with Crippen molar-refractivity contribution >= 4 is 8.41 Å². The molecule has 10 heavy (non-hydrogen) atoms. The van der Waals surface area contributed by atoms with Gasteiger partial charge < -0.3 is 4.98 Å². The molecule has 1 rings (SSSR count). The van der Waals surface area contributed by atoms with Gasteiger partial charge in [0, 0.05) is 20.8 Å². The molecule has 3 radical (unpaired) electrons. The van der Waals surface area contributed by atoms with Gasteiger partial charge in [0.15, 0.2) is 0 Å². The highest BCUT2D eigenvalue weighted by atomic mass is 19.0. The summed E-state index contributed by atoms with van der Waals surface area (Å²) < 4.78 is 0. The Morgan fingerprint density at radius 2 is 1.50 bits per heavy atom. The van der Waals surface area contributed by atoms with E-state index < -0.39 is 0 Å². The molecular weight excluding hydrogens is 151 g/mol. The van der Waals surface area contributed by atoms with Crippen LogP contribution in [0.3, 0.4) is 0 Å². The van der Waals surface area contributed by atoms with Crippen molar-refractivity contribution in [2.75, 3.05) is 0 Å². The molecule has 7 heteroatoms. The average molecular weight is 159 g/mol. The Balaban J connectivity index is -0.0000000167. The fourth-order valence-electron chi connectivity index (χ4n) is 0.215. The van der Waals surface area contributed by atoms with Gasteiger partial charge in [-0.25, -0.2) is 4.98 Å². The highest BCUT2D eigenvalue weighted by Gasteiger charge is 1.56. The maximum atomic E-state index is 3.67. The molecule has 61 valence electrons. The molecule has 0 bridgehead atoms. The van der Waals surface area contributed by atoms with E-state index in [0.717, 1.165) is 0 Å². The molecule has 0 atom stereocenters. The zero-order valence-electron chi connectivity index (χ0n) is 4.89. The third-order valence-corrected chi connectivity index (χ3v) is 0.406. The van der Waals surface area contributed by atoms with Crippen molar-refractivity contribution in [3.05, 3.63) is 18.7 Å². The monoisotopic (exact) mass is 159 g/mol. The lowest BCUT2D eigenvalue weighted by molar-refractivity contribution is 1.11. The summed E-state index contributed by atoms with van der Waals surface area (Å²) in [5.41, 5.74) is 0. The smallest absolute Gasteiger partial charge is 0.0919 e. The Bertz CT molecular complexity index is 75.0. The minimum absolute atomic E-state index is 0. The van der Waals surface area contributed by atoms with Gasteiger partial charge in [0.05, 0.1) is 6.33 Å². The van der Waals surface area contributed by atoms with Crippen LogP contribution in [0.1, 0.15) is 0 Å². The number of nitrogens with one attached hydrogen (secondary N) is 1. The third kappa shape index (κ3) is 15.8. The lowest BCUT2D eigenvalue weighted by Gasteiger charge is -1.46. The van der Waals surface area contributed by atoms with Crippen LogP contribution in [0.5, 0.6) is 0 Å².